The largest absolute Gasteiger partial charge is 0.284 e. The van der Waals surface area contributed by atoms with E-state index in [1.807, 2.05) is 48.5 Å². The van der Waals surface area contributed by atoms with Gasteiger partial charge in [0.15, 0.2) is 0 Å². The predicted molar refractivity (Wildman–Crippen MR) is 135 cm³/mol. The van der Waals surface area contributed by atoms with Crippen molar-refractivity contribution in [2.75, 3.05) is 0 Å². The molecule has 0 bridgehead atoms. The maximum absolute atomic E-state index is 12.2. The Morgan fingerprint density at radius 1 is 0.382 bits per heavy atom. The highest BCUT2D eigenvalue weighted by molar-refractivity contribution is 6.27. The summed E-state index contributed by atoms with van der Waals surface area (Å²) in [7, 11) is 0. The molecule has 6 rings (SSSR count). The van der Waals surface area contributed by atoms with Crippen molar-refractivity contribution in [2.45, 2.75) is 0 Å². The molecular weight excluding hydrogens is 428 g/mol. The molecule has 0 atom stereocenters. The summed E-state index contributed by atoms with van der Waals surface area (Å²) in [5.41, 5.74) is 1.79. The molecule has 0 spiro atoms. The smallest absolute Gasteiger partial charge is 0.258 e. The van der Waals surface area contributed by atoms with Gasteiger partial charge in [0, 0.05) is 0 Å². The molecule has 0 N–H and O–H groups in total. The van der Waals surface area contributed by atoms with Gasteiger partial charge in [-0.15, -0.1) is 0 Å². The normalized spacial score (nSPS) is 11.4. The fourth-order valence-electron chi connectivity index (χ4n) is 5.14. The highest BCUT2D eigenvalue weighted by Gasteiger charge is 2.27. The molecule has 0 aromatic heterocycles. The van der Waals surface area contributed by atoms with Crippen LogP contribution < -0.4 is 0 Å². The first-order valence-corrected chi connectivity index (χ1v) is 10.7. The summed E-state index contributed by atoms with van der Waals surface area (Å²) in [6.45, 7) is 0. The molecule has 6 nitrogen and oxygen atoms in total. The SMILES string of the molecule is O=[N+]([O-])c1c2ccccc2c(-c2c3ccccc3c([N+](=O)[O-])c3ccccc23)c2ccccc12. The number of nitro benzene ring substituents is 2. The first-order valence-electron chi connectivity index (χ1n) is 10.7. The van der Waals surface area contributed by atoms with Crippen LogP contribution >= 0.6 is 0 Å². The first kappa shape index (κ1) is 19.8. The molecule has 162 valence electrons. The third-order valence-electron chi connectivity index (χ3n) is 6.42. The molecule has 0 heterocycles. The summed E-state index contributed by atoms with van der Waals surface area (Å²) in [5, 5.41) is 29.4. The fourth-order valence-corrected chi connectivity index (χ4v) is 5.14. The first-order chi connectivity index (χ1) is 16.6. The molecule has 6 heteroatoms. The number of rotatable bonds is 3. The van der Waals surface area contributed by atoms with Crippen LogP contribution in [0.3, 0.4) is 0 Å². The Balaban J connectivity index is 1.96. The van der Waals surface area contributed by atoms with Gasteiger partial charge in [0.1, 0.15) is 0 Å². The summed E-state index contributed by atoms with van der Waals surface area (Å²) in [6, 6.07) is 29.2. The van der Waals surface area contributed by atoms with Crippen molar-refractivity contribution >= 4 is 54.5 Å². The van der Waals surface area contributed by atoms with Crippen LogP contribution in [0.15, 0.2) is 97.1 Å². The highest BCUT2D eigenvalue weighted by atomic mass is 16.6. The number of benzene rings is 6. The van der Waals surface area contributed by atoms with Crippen molar-refractivity contribution in [3.05, 3.63) is 117 Å². The van der Waals surface area contributed by atoms with Gasteiger partial charge in [0.2, 0.25) is 0 Å². The van der Waals surface area contributed by atoms with E-state index in [4.69, 9.17) is 0 Å². The highest BCUT2D eigenvalue weighted by Crippen LogP contribution is 2.49. The monoisotopic (exact) mass is 444 g/mol. The van der Waals surface area contributed by atoms with E-state index in [9.17, 15) is 20.2 Å². The molecule has 0 saturated heterocycles. The van der Waals surface area contributed by atoms with Gasteiger partial charge in [-0.2, -0.15) is 0 Å². The minimum Gasteiger partial charge on any atom is -0.258 e. The van der Waals surface area contributed by atoms with Gasteiger partial charge in [-0.05, 0) is 56.9 Å². The second kappa shape index (κ2) is 7.35. The molecule has 0 radical (unpaired) electrons. The third-order valence-corrected chi connectivity index (χ3v) is 6.42. The standard InChI is InChI=1S/C28H16N2O4/c31-29(32)27-21-13-5-1-9-17(21)25(18-10-2-6-14-22(18)27)26-19-11-3-7-15-23(19)28(30(33)34)24-16-8-4-12-20(24)26/h1-16H. The zero-order valence-corrected chi connectivity index (χ0v) is 17.8. The van der Waals surface area contributed by atoms with E-state index in [-0.39, 0.29) is 21.2 Å². The second-order valence-corrected chi connectivity index (χ2v) is 8.14. The van der Waals surface area contributed by atoms with Crippen molar-refractivity contribution in [1.29, 1.82) is 0 Å². The van der Waals surface area contributed by atoms with E-state index < -0.39 is 0 Å². The van der Waals surface area contributed by atoms with Crippen LogP contribution in [0, 0.1) is 20.2 Å². The number of nitro groups is 2. The van der Waals surface area contributed by atoms with Gasteiger partial charge < -0.3 is 0 Å². The Hall–Kier alpha value is -4.84. The van der Waals surface area contributed by atoms with Crippen molar-refractivity contribution in [1.82, 2.24) is 0 Å². The lowest BCUT2D eigenvalue weighted by Gasteiger charge is -2.17. The molecule has 0 aliphatic rings. The van der Waals surface area contributed by atoms with Crippen molar-refractivity contribution in [2.24, 2.45) is 0 Å². The van der Waals surface area contributed by atoms with Gasteiger partial charge in [0.05, 0.1) is 31.4 Å². The zero-order chi connectivity index (χ0) is 23.4. The van der Waals surface area contributed by atoms with Gasteiger partial charge in [-0.1, -0.05) is 72.8 Å². The number of fused-ring (bicyclic) bond motifs is 4. The molecule has 0 saturated carbocycles. The summed E-state index contributed by atoms with van der Waals surface area (Å²) < 4.78 is 0. The Kier molecular flexibility index (Phi) is 4.28. The molecule has 0 unspecified atom stereocenters. The lowest BCUT2D eigenvalue weighted by atomic mass is 9.85. The molecule has 0 fully saturated rings. The van der Waals surface area contributed by atoms with E-state index >= 15 is 0 Å². The third kappa shape index (κ3) is 2.69. The summed E-state index contributed by atoms with van der Waals surface area (Å²) in [4.78, 5) is 23.6. The molecule has 6 aromatic carbocycles. The summed E-state index contributed by atoms with van der Waals surface area (Å²) >= 11 is 0. The van der Waals surface area contributed by atoms with E-state index in [1.54, 1.807) is 48.5 Å². The maximum atomic E-state index is 12.2. The van der Waals surface area contributed by atoms with Crippen molar-refractivity contribution in [3.8, 4) is 11.1 Å². The van der Waals surface area contributed by atoms with E-state index in [2.05, 4.69) is 0 Å². The fraction of sp³-hybridized carbons (Fsp3) is 0. The van der Waals surface area contributed by atoms with Crippen LogP contribution in [0.1, 0.15) is 0 Å². The van der Waals surface area contributed by atoms with Crippen LogP contribution in [-0.4, -0.2) is 9.85 Å². The van der Waals surface area contributed by atoms with E-state index in [0.29, 0.717) is 21.5 Å². The van der Waals surface area contributed by atoms with E-state index in [0.717, 1.165) is 32.7 Å². The Morgan fingerprint density at radius 2 is 0.588 bits per heavy atom. The molecule has 0 amide bonds. The van der Waals surface area contributed by atoms with Crippen molar-refractivity contribution in [3.63, 3.8) is 0 Å². The van der Waals surface area contributed by atoms with Gasteiger partial charge in [-0.3, -0.25) is 20.2 Å². The number of hydrogen-bond acceptors (Lipinski definition) is 4. The van der Waals surface area contributed by atoms with Crippen molar-refractivity contribution < 1.29 is 9.85 Å². The molecule has 0 aliphatic heterocycles. The Morgan fingerprint density at radius 3 is 0.794 bits per heavy atom. The van der Waals surface area contributed by atoms with Gasteiger partial charge in [0.25, 0.3) is 11.4 Å². The van der Waals surface area contributed by atoms with Crippen LogP contribution in [-0.2, 0) is 0 Å². The average Bonchev–Trinajstić information content (AvgIpc) is 2.85. The number of hydrogen-bond donors (Lipinski definition) is 0. The number of nitrogens with zero attached hydrogens (tertiary/aromatic N) is 2. The molecule has 34 heavy (non-hydrogen) atoms. The van der Waals surface area contributed by atoms with Crippen LogP contribution in [0.2, 0.25) is 0 Å². The minimum absolute atomic E-state index is 0.0606. The molecular formula is C28H16N2O4. The molecule has 6 aromatic rings. The lowest BCUT2D eigenvalue weighted by Crippen LogP contribution is -1.97. The average molecular weight is 444 g/mol. The Labute approximate surface area is 193 Å². The number of non-ortho nitro benzene ring substituents is 2. The Bertz CT molecular complexity index is 1580. The van der Waals surface area contributed by atoms with Gasteiger partial charge in [-0.25, -0.2) is 0 Å². The summed E-state index contributed by atoms with van der Waals surface area (Å²) in [6.07, 6.45) is 0. The topological polar surface area (TPSA) is 86.3 Å². The predicted octanol–water partition coefficient (Wildman–Crippen LogP) is 7.78. The van der Waals surface area contributed by atoms with Crippen LogP contribution in [0.5, 0.6) is 0 Å². The molecule has 0 aliphatic carbocycles. The lowest BCUT2D eigenvalue weighted by molar-refractivity contribution is -0.381. The van der Waals surface area contributed by atoms with Crippen LogP contribution in [0.25, 0.3) is 54.2 Å². The minimum atomic E-state index is -0.333. The zero-order valence-electron chi connectivity index (χ0n) is 17.8. The van der Waals surface area contributed by atoms with Crippen LogP contribution in [0.4, 0.5) is 11.4 Å². The van der Waals surface area contributed by atoms with Gasteiger partial charge >= 0.3 is 0 Å². The van der Waals surface area contributed by atoms with E-state index in [1.165, 1.54) is 0 Å². The quantitative estimate of drug-likeness (QED) is 0.158. The second-order valence-electron chi connectivity index (χ2n) is 8.14. The summed E-state index contributed by atoms with van der Waals surface area (Å²) in [5.74, 6) is 0. The maximum Gasteiger partial charge on any atom is 0.284 e.